The number of aromatic nitrogens is 2. The van der Waals surface area contributed by atoms with Gasteiger partial charge in [-0.2, -0.15) is 0 Å². The van der Waals surface area contributed by atoms with Crippen molar-refractivity contribution in [1.29, 1.82) is 0 Å². The quantitative estimate of drug-likeness (QED) is 0.883. The summed E-state index contributed by atoms with van der Waals surface area (Å²) in [4.78, 5) is 8.50. The summed E-state index contributed by atoms with van der Waals surface area (Å²) in [6.07, 6.45) is 3.56. The number of nitrogens with one attached hydrogen (secondary N) is 1. The first kappa shape index (κ1) is 13.5. The van der Waals surface area contributed by atoms with Crippen molar-refractivity contribution in [3.05, 3.63) is 52.6 Å². The third kappa shape index (κ3) is 3.51. The molecule has 4 heteroatoms. The maximum Gasteiger partial charge on any atom is 0.121 e. The number of phenols is 1. The van der Waals surface area contributed by atoms with Crippen molar-refractivity contribution in [3.8, 4) is 5.75 Å². The summed E-state index contributed by atoms with van der Waals surface area (Å²) in [5, 5.41) is 13.0. The number of hydrogen-bond acceptors (Lipinski definition) is 4. The van der Waals surface area contributed by atoms with Crippen molar-refractivity contribution in [3.63, 3.8) is 0 Å². The Bertz CT molecular complexity index is 541. The Kier molecular flexibility index (Phi) is 4.12. The van der Waals surface area contributed by atoms with Crippen LogP contribution in [0.3, 0.4) is 0 Å². The molecule has 100 valence electrons. The van der Waals surface area contributed by atoms with Gasteiger partial charge in [-0.05, 0) is 37.5 Å². The van der Waals surface area contributed by atoms with Crippen LogP contribution in [0.1, 0.15) is 28.1 Å². The highest BCUT2D eigenvalue weighted by Gasteiger charge is 2.03. The number of aromatic hydroxyl groups is 1. The van der Waals surface area contributed by atoms with Crippen LogP contribution in [0.5, 0.6) is 5.75 Å². The molecule has 0 fully saturated rings. The van der Waals surface area contributed by atoms with Gasteiger partial charge in [0.2, 0.25) is 0 Å². The highest BCUT2D eigenvalue weighted by Crippen LogP contribution is 2.22. The Balaban J connectivity index is 1.94. The van der Waals surface area contributed by atoms with Crippen molar-refractivity contribution in [1.82, 2.24) is 15.3 Å². The molecule has 2 aromatic rings. The molecule has 0 spiro atoms. The lowest BCUT2D eigenvalue weighted by atomic mass is 10.1. The van der Waals surface area contributed by atoms with Gasteiger partial charge in [-0.15, -0.1) is 0 Å². The number of nitrogens with zero attached hydrogens (tertiary/aromatic N) is 2. The molecule has 0 amide bonds. The molecule has 2 rings (SSSR count). The minimum Gasteiger partial charge on any atom is -0.507 e. The van der Waals surface area contributed by atoms with Crippen LogP contribution in [0.25, 0.3) is 0 Å². The highest BCUT2D eigenvalue weighted by molar-refractivity contribution is 5.42. The van der Waals surface area contributed by atoms with Crippen LogP contribution in [0.2, 0.25) is 0 Å². The average molecular weight is 257 g/mol. The number of rotatable bonds is 4. The summed E-state index contributed by atoms with van der Waals surface area (Å²) in [6.45, 7) is 7.19. The summed E-state index contributed by atoms with van der Waals surface area (Å²) >= 11 is 0. The molecule has 2 N–H and O–H groups in total. The minimum absolute atomic E-state index is 0.383. The minimum atomic E-state index is 0.383. The molecular formula is C15H19N3O. The molecule has 19 heavy (non-hydrogen) atoms. The lowest BCUT2D eigenvalue weighted by molar-refractivity contribution is 0.466. The fourth-order valence-corrected chi connectivity index (χ4v) is 1.99. The van der Waals surface area contributed by atoms with Gasteiger partial charge in [0.1, 0.15) is 5.75 Å². The molecule has 0 atom stereocenters. The molecule has 0 saturated carbocycles. The van der Waals surface area contributed by atoms with Gasteiger partial charge in [-0.3, -0.25) is 9.97 Å². The van der Waals surface area contributed by atoms with E-state index in [1.165, 1.54) is 0 Å². The standard InChI is InChI=1S/C15H19N3O/c1-10-4-13(5-11(2)15(10)19)7-16-8-14-9-17-12(3)6-18-14/h4-6,9,16,19H,7-8H2,1-3H3. The molecule has 0 aliphatic heterocycles. The topological polar surface area (TPSA) is 58.0 Å². The molecule has 1 heterocycles. The van der Waals surface area contributed by atoms with E-state index in [4.69, 9.17) is 0 Å². The Morgan fingerprint density at radius 2 is 1.68 bits per heavy atom. The number of aryl methyl sites for hydroxylation is 3. The summed E-state index contributed by atoms with van der Waals surface area (Å²) < 4.78 is 0. The van der Waals surface area contributed by atoms with Crippen molar-refractivity contribution in [2.75, 3.05) is 0 Å². The van der Waals surface area contributed by atoms with Crippen LogP contribution in [-0.4, -0.2) is 15.1 Å². The van der Waals surface area contributed by atoms with Gasteiger partial charge < -0.3 is 10.4 Å². The van der Waals surface area contributed by atoms with E-state index in [-0.39, 0.29) is 0 Å². The smallest absolute Gasteiger partial charge is 0.121 e. The zero-order chi connectivity index (χ0) is 13.8. The molecule has 0 aliphatic carbocycles. The first-order valence-corrected chi connectivity index (χ1v) is 6.33. The summed E-state index contributed by atoms with van der Waals surface area (Å²) in [7, 11) is 0. The van der Waals surface area contributed by atoms with Gasteiger partial charge in [0.25, 0.3) is 0 Å². The van der Waals surface area contributed by atoms with Crippen LogP contribution in [-0.2, 0) is 13.1 Å². The van der Waals surface area contributed by atoms with Crippen LogP contribution >= 0.6 is 0 Å². The van der Waals surface area contributed by atoms with Gasteiger partial charge in [0.05, 0.1) is 11.4 Å². The first-order valence-electron chi connectivity index (χ1n) is 6.33. The zero-order valence-corrected chi connectivity index (χ0v) is 11.6. The molecular weight excluding hydrogens is 238 g/mol. The second kappa shape index (κ2) is 5.80. The van der Waals surface area contributed by atoms with Gasteiger partial charge in [0.15, 0.2) is 0 Å². The van der Waals surface area contributed by atoms with E-state index in [1.807, 2.05) is 32.9 Å². The van der Waals surface area contributed by atoms with Crippen LogP contribution in [0, 0.1) is 20.8 Å². The van der Waals surface area contributed by atoms with Crippen molar-refractivity contribution < 1.29 is 5.11 Å². The van der Waals surface area contributed by atoms with Gasteiger partial charge in [-0.1, -0.05) is 12.1 Å². The predicted octanol–water partition coefficient (Wildman–Crippen LogP) is 2.40. The molecule has 0 bridgehead atoms. The normalized spacial score (nSPS) is 10.7. The number of hydrogen-bond donors (Lipinski definition) is 2. The fraction of sp³-hybridized carbons (Fsp3) is 0.333. The zero-order valence-electron chi connectivity index (χ0n) is 11.6. The van der Waals surface area contributed by atoms with E-state index in [0.717, 1.165) is 34.6 Å². The SMILES string of the molecule is Cc1cnc(CNCc2cc(C)c(O)c(C)c2)cn1. The molecule has 1 aromatic carbocycles. The number of phenolic OH excluding ortho intramolecular Hbond substituents is 1. The maximum atomic E-state index is 9.72. The van der Waals surface area contributed by atoms with Crippen molar-refractivity contribution in [2.45, 2.75) is 33.9 Å². The molecule has 0 unspecified atom stereocenters. The van der Waals surface area contributed by atoms with Gasteiger partial charge >= 0.3 is 0 Å². The second-order valence-electron chi connectivity index (χ2n) is 4.83. The first-order chi connectivity index (χ1) is 9.06. The molecule has 1 aromatic heterocycles. The van der Waals surface area contributed by atoms with E-state index in [1.54, 1.807) is 12.4 Å². The monoisotopic (exact) mass is 257 g/mol. The van der Waals surface area contributed by atoms with Gasteiger partial charge in [-0.25, -0.2) is 0 Å². The molecule has 4 nitrogen and oxygen atoms in total. The van der Waals surface area contributed by atoms with E-state index < -0.39 is 0 Å². The summed E-state index contributed by atoms with van der Waals surface area (Å²) in [5.74, 6) is 0.383. The van der Waals surface area contributed by atoms with E-state index in [9.17, 15) is 5.11 Å². The average Bonchev–Trinajstić information content (AvgIpc) is 2.38. The Labute approximate surface area is 113 Å². The lowest BCUT2D eigenvalue weighted by Crippen LogP contribution is -2.14. The summed E-state index contributed by atoms with van der Waals surface area (Å²) in [5.41, 5.74) is 4.83. The van der Waals surface area contributed by atoms with Gasteiger partial charge in [0, 0.05) is 25.5 Å². The molecule has 0 radical (unpaired) electrons. The fourth-order valence-electron chi connectivity index (χ4n) is 1.99. The third-order valence-electron chi connectivity index (χ3n) is 3.02. The van der Waals surface area contributed by atoms with E-state index in [0.29, 0.717) is 12.3 Å². The largest absolute Gasteiger partial charge is 0.507 e. The Morgan fingerprint density at radius 1 is 1.00 bits per heavy atom. The van der Waals surface area contributed by atoms with E-state index in [2.05, 4.69) is 15.3 Å². The Hall–Kier alpha value is -1.94. The predicted molar refractivity (Wildman–Crippen MR) is 74.9 cm³/mol. The molecule has 0 saturated heterocycles. The number of benzene rings is 1. The van der Waals surface area contributed by atoms with Crippen molar-refractivity contribution in [2.24, 2.45) is 0 Å². The third-order valence-corrected chi connectivity index (χ3v) is 3.02. The Morgan fingerprint density at radius 3 is 2.26 bits per heavy atom. The van der Waals surface area contributed by atoms with Crippen LogP contribution < -0.4 is 5.32 Å². The van der Waals surface area contributed by atoms with Crippen LogP contribution in [0.4, 0.5) is 0 Å². The lowest BCUT2D eigenvalue weighted by Gasteiger charge is -2.09. The second-order valence-corrected chi connectivity index (χ2v) is 4.83. The maximum absolute atomic E-state index is 9.72. The highest BCUT2D eigenvalue weighted by atomic mass is 16.3. The van der Waals surface area contributed by atoms with Crippen LogP contribution in [0.15, 0.2) is 24.5 Å². The van der Waals surface area contributed by atoms with Crippen molar-refractivity contribution >= 4 is 0 Å². The van der Waals surface area contributed by atoms with E-state index >= 15 is 0 Å². The molecule has 0 aliphatic rings. The summed E-state index contributed by atoms with van der Waals surface area (Å²) in [6, 6.07) is 3.99.